The second-order valence-corrected chi connectivity index (χ2v) is 3.68. The van der Waals surface area contributed by atoms with E-state index >= 15 is 0 Å². The van der Waals surface area contributed by atoms with Gasteiger partial charge in [0.15, 0.2) is 0 Å². The quantitative estimate of drug-likeness (QED) is 0.876. The average molecular weight is 285 g/mol. The molecule has 5 heteroatoms. The second kappa shape index (κ2) is 5.65. The van der Waals surface area contributed by atoms with E-state index in [1.165, 1.54) is 6.20 Å². The zero-order chi connectivity index (χ0) is 12.1. The summed E-state index contributed by atoms with van der Waals surface area (Å²) in [4.78, 5) is 17.3. The number of methoxy groups -OCH3 is 1. The van der Waals surface area contributed by atoms with Crippen molar-refractivity contribution in [1.82, 2.24) is 9.97 Å². The Balaban J connectivity index is 0.000000606. The van der Waals surface area contributed by atoms with E-state index in [0.29, 0.717) is 11.3 Å². The normalized spacial score (nSPS) is 9.50. The van der Waals surface area contributed by atoms with E-state index in [9.17, 15) is 4.79 Å². The highest BCUT2D eigenvalue weighted by Gasteiger charge is 2.04. The van der Waals surface area contributed by atoms with Crippen LogP contribution in [0, 0.1) is 0 Å². The van der Waals surface area contributed by atoms with Crippen LogP contribution in [0.25, 0.3) is 10.9 Å². The largest absolute Gasteiger partial charge is 0.495 e. The predicted octanol–water partition coefficient (Wildman–Crippen LogP) is 2.72. The van der Waals surface area contributed by atoms with Crippen molar-refractivity contribution >= 4 is 26.8 Å². The molecule has 0 fully saturated rings. The number of fused-ring (bicyclic) bond motifs is 1. The van der Waals surface area contributed by atoms with Crippen molar-refractivity contribution in [2.24, 2.45) is 0 Å². The number of hydrogen-bond acceptors (Lipinski definition) is 3. The first-order chi connectivity index (χ1) is 7.70. The molecule has 2 aromatic rings. The summed E-state index contributed by atoms with van der Waals surface area (Å²) < 4.78 is 6.02. The summed E-state index contributed by atoms with van der Waals surface area (Å²) in [6.45, 7) is 4.00. The first-order valence-electron chi connectivity index (χ1n) is 4.93. The molecule has 4 nitrogen and oxygen atoms in total. The van der Waals surface area contributed by atoms with Gasteiger partial charge in [0.2, 0.25) is 0 Å². The lowest BCUT2D eigenvalue weighted by Gasteiger charge is -2.04. The fraction of sp³-hybridized carbons (Fsp3) is 0.273. The number of H-pyrrole nitrogens is 1. The monoisotopic (exact) mass is 284 g/mol. The van der Waals surface area contributed by atoms with Gasteiger partial charge in [0.1, 0.15) is 5.75 Å². The van der Waals surface area contributed by atoms with Gasteiger partial charge in [0, 0.05) is 16.1 Å². The number of aromatic amines is 1. The Hall–Kier alpha value is -1.36. The lowest BCUT2D eigenvalue weighted by atomic mass is 10.2. The van der Waals surface area contributed by atoms with E-state index in [-0.39, 0.29) is 5.69 Å². The van der Waals surface area contributed by atoms with Gasteiger partial charge in [-0.15, -0.1) is 0 Å². The molecule has 0 unspecified atom stereocenters. The maximum Gasteiger partial charge on any atom is 0.345 e. The molecule has 0 atom stereocenters. The molecular formula is C11H13BrN2O2. The SMILES string of the molecule is CC.COc1cc(Br)cc2cnc(=O)[nH]c12. The Kier molecular flexibility index (Phi) is 4.49. The van der Waals surface area contributed by atoms with Crippen LogP contribution in [0.2, 0.25) is 0 Å². The Labute approximate surface area is 102 Å². The fourth-order valence-electron chi connectivity index (χ4n) is 1.27. The van der Waals surface area contributed by atoms with Crippen LogP contribution in [0.3, 0.4) is 0 Å². The number of rotatable bonds is 1. The topological polar surface area (TPSA) is 55.0 Å². The Morgan fingerprint density at radius 3 is 2.69 bits per heavy atom. The van der Waals surface area contributed by atoms with E-state index < -0.39 is 0 Å². The zero-order valence-corrected chi connectivity index (χ0v) is 11.0. The molecular weight excluding hydrogens is 272 g/mol. The van der Waals surface area contributed by atoms with Crippen LogP contribution in [0.15, 0.2) is 27.6 Å². The van der Waals surface area contributed by atoms with Crippen molar-refractivity contribution < 1.29 is 4.74 Å². The highest BCUT2D eigenvalue weighted by atomic mass is 79.9. The maximum atomic E-state index is 11.0. The minimum absolute atomic E-state index is 0.377. The molecule has 0 saturated carbocycles. The van der Waals surface area contributed by atoms with E-state index in [1.54, 1.807) is 13.2 Å². The van der Waals surface area contributed by atoms with Crippen molar-refractivity contribution in [2.45, 2.75) is 13.8 Å². The number of benzene rings is 1. The Morgan fingerprint density at radius 1 is 1.38 bits per heavy atom. The zero-order valence-electron chi connectivity index (χ0n) is 9.37. The lowest BCUT2D eigenvalue weighted by Crippen LogP contribution is -2.09. The number of aromatic nitrogens is 2. The summed E-state index contributed by atoms with van der Waals surface area (Å²) in [7, 11) is 1.56. The summed E-state index contributed by atoms with van der Waals surface area (Å²) >= 11 is 3.34. The molecule has 86 valence electrons. The number of nitrogens with one attached hydrogen (secondary N) is 1. The van der Waals surface area contributed by atoms with Gasteiger partial charge >= 0.3 is 5.69 Å². The molecule has 0 spiro atoms. The third-order valence-electron chi connectivity index (χ3n) is 1.87. The lowest BCUT2D eigenvalue weighted by molar-refractivity contribution is 0.418. The summed E-state index contributed by atoms with van der Waals surface area (Å²) in [5.74, 6) is 0.619. The summed E-state index contributed by atoms with van der Waals surface area (Å²) in [6, 6.07) is 3.65. The molecule has 2 rings (SSSR count). The van der Waals surface area contributed by atoms with Crippen molar-refractivity contribution in [3.8, 4) is 5.75 Å². The third-order valence-corrected chi connectivity index (χ3v) is 2.33. The van der Waals surface area contributed by atoms with Crippen LogP contribution in [0.4, 0.5) is 0 Å². The van der Waals surface area contributed by atoms with Crippen LogP contribution in [0.1, 0.15) is 13.8 Å². The molecule has 0 amide bonds. The van der Waals surface area contributed by atoms with Gasteiger partial charge in [-0.3, -0.25) is 0 Å². The molecule has 0 aliphatic rings. The third kappa shape index (κ3) is 2.61. The molecule has 0 saturated heterocycles. The minimum Gasteiger partial charge on any atom is -0.495 e. The number of hydrogen-bond donors (Lipinski definition) is 1. The van der Waals surface area contributed by atoms with E-state index in [2.05, 4.69) is 25.9 Å². The van der Waals surface area contributed by atoms with Crippen LogP contribution in [0.5, 0.6) is 5.75 Å². The molecule has 0 bridgehead atoms. The van der Waals surface area contributed by atoms with Gasteiger partial charge in [-0.25, -0.2) is 9.78 Å². The molecule has 1 aromatic heterocycles. The first kappa shape index (κ1) is 12.7. The van der Waals surface area contributed by atoms with E-state index in [4.69, 9.17) is 4.74 Å². The van der Waals surface area contributed by atoms with Crippen molar-refractivity contribution in [3.63, 3.8) is 0 Å². The highest BCUT2D eigenvalue weighted by Crippen LogP contribution is 2.26. The van der Waals surface area contributed by atoms with E-state index in [1.807, 2.05) is 19.9 Å². The van der Waals surface area contributed by atoms with Gasteiger partial charge < -0.3 is 9.72 Å². The van der Waals surface area contributed by atoms with Crippen LogP contribution >= 0.6 is 15.9 Å². The molecule has 16 heavy (non-hydrogen) atoms. The second-order valence-electron chi connectivity index (χ2n) is 2.76. The maximum absolute atomic E-state index is 11.0. The molecule has 0 radical (unpaired) electrons. The minimum atomic E-state index is -0.377. The van der Waals surface area contributed by atoms with Gasteiger partial charge in [0.05, 0.1) is 12.6 Å². The van der Waals surface area contributed by atoms with Crippen molar-refractivity contribution in [2.75, 3.05) is 7.11 Å². The molecule has 1 N–H and O–H groups in total. The van der Waals surface area contributed by atoms with Gasteiger partial charge in [-0.2, -0.15) is 0 Å². The summed E-state index contributed by atoms with van der Waals surface area (Å²) in [5.41, 5.74) is 0.286. The van der Waals surface area contributed by atoms with Crippen LogP contribution in [-0.4, -0.2) is 17.1 Å². The van der Waals surface area contributed by atoms with Crippen molar-refractivity contribution in [3.05, 3.63) is 33.3 Å². The predicted molar refractivity (Wildman–Crippen MR) is 68.0 cm³/mol. The smallest absolute Gasteiger partial charge is 0.345 e. The van der Waals surface area contributed by atoms with E-state index in [0.717, 1.165) is 9.86 Å². The van der Waals surface area contributed by atoms with Gasteiger partial charge in [-0.05, 0) is 12.1 Å². The Morgan fingerprint density at radius 2 is 2.06 bits per heavy atom. The highest BCUT2D eigenvalue weighted by molar-refractivity contribution is 9.10. The summed E-state index contributed by atoms with van der Waals surface area (Å²) in [6.07, 6.45) is 1.52. The molecule has 0 aliphatic heterocycles. The van der Waals surface area contributed by atoms with Gasteiger partial charge in [0.25, 0.3) is 0 Å². The van der Waals surface area contributed by atoms with Crippen LogP contribution < -0.4 is 10.4 Å². The molecule has 0 aliphatic carbocycles. The number of nitrogens with zero attached hydrogens (tertiary/aromatic N) is 1. The summed E-state index contributed by atoms with van der Waals surface area (Å²) in [5, 5.41) is 0.829. The standard InChI is InChI=1S/C9H7BrN2O2.C2H6/c1-14-7-3-6(10)2-5-4-11-9(13)12-8(5)7;1-2/h2-4H,1H3,(H,11,12,13);1-2H3. The molecule has 1 heterocycles. The van der Waals surface area contributed by atoms with Crippen molar-refractivity contribution in [1.29, 1.82) is 0 Å². The van der Waals surface area contributed by atoms with Gasteiger partial charge in [-0.1, -0.05) is 29.8 Å². The number of ether oxygens (including phenoxy) is 1. The average Bonchev–Trinajstić information content (AvgIpc) is 2.31. The Bertz CT molecular complexity index is 537. The first-order valence-corrected chi connectivity index (χ1v) is 5.72. The fourth-order valence-corrected chi connectivity index (χ4v) is 1.72. The molecule has 1 aromatic carbocycles. The van der Waals surface area contributed by atoms with Crippen LogP contribution in [-0.2, 0) is 0 Å². The number of halogens is 1.